The molecule has 0 bridgehead atoms. The highest BCUT2D eigenvalue weighted by molar-refractivity contribution is 9.10. The van der Waals surface area contributed by atoms with Crippen LogP contribution in [0.5, 0.6) is 5.75 Å². The van der Waals surface area contributed by atoms with E-state index in [-0.39, 0.29) is 5.75 Å². The summed E-state index contributed by atoms with van der Waals surface area (Å²) in [6.07, 6.45) is 0. The minimum atomic E-state index is -0.420. The summed E-state index contributed by atoms with van der Waals surface area (Å²) < 4.78 is 14.9. The van der Waals surface area contributed by atoms with Crippen molar-refractivity contribution in [2.75, 3.05) is 0 Å². The Hall–Kier alpha value is -1.43. The van der Waals surface area contributed by atoms with Crippen LogP contribution >= 0.6 is 15.9 Å². The molecule has 0 amide bonds. The van der Waals surface area contributed by atoms with Gasteiger partial charge in [-0.1, -0.05) is 5.21 Å². The van der Waals surface area contributed by atoms with E-state index in [1.807, 2.05) is 0 Å². The molecule has 0 saturated carbocycles. The van der Waals surface area contributed by atoms with Gasteiger partial charge in [0.25, 0.3) is 0 Å². The van der Waals surface area contributed by atoms with E-state index in [0.717, 1.165) is 0 Å². The van der Waals surface area contributed by atoms with Crippen molar-refractivity contribution in [1.29, 1.82) is 0 Å². The van der Waals surface area contributed by atoms with Crippen LogP contribution in [0.1, 0.15) is 0 Å². The summed E-state index contributed by atoms with van der Waals surface area (Å²) in [7, 11) is 1.66. The Bertz CT molecular complexity index is 493. The third-order valence-corrected chi connectivity index (χ3v) is 2.53. The van der Waals surface area contributed by atoms with Gasteiger partial charge in [-0.3, -0.25) is 0 Å². The maximum absolute atomic E-state index is 13.0. The molecule has 6 heteroatoms. The molecule has 0 fully saturated rings. The van der Waals surface area contributed by atoms with E-state index in [1.165, 1.54) is 22.9 Å². The van der Waals surface area contributed by atoms with E-state index in [2.05, 4.69) is 26.2 Å². The summed E-state index contributed by atoms with van der Waals surface area (Å²) >= 11 is 3.18. The van der Waals surface area contributed by atoms with Crippen molar-refractivity contribution in [1.82, 2.24) is 15.0 Å². The molecule has 1 aromatic heterocycles. The number of aromatic hydroxyl groups is 1. The van der Waals surface area contributed by atoms with Gasteiger partial charge in [0.1, 0.15) is 17.3 Å². The molecule has 1 heterocycles. The Kier molecular flexibility index (Phi) is 2.44. The average molecular weight is 272 g/mol. The fourth-order valence-electron chi connectivity index (χ4n) is 1.32. The fraction of sp³-hybridized carbons (Fsp3) is 0.111. The third-order valence-electron chi connectivity index (χ3n) is 2.00. The number of phenols is 1. The minimum Gasteiger partial charge on any atom is -0.507 e. The summed E-state index contributed by atoms with van der Waals surface area (Å²) in [4.78, 5) is 0. The lowest BCUT2D eigenvalue weighted by Gasteiger charge is -2.04. The Morgan fingerprint density at radius 2 is 2.20 bits per heavy atom. The van der Waals surface area contributed by atoms with Gasteiger partial charge in [0.15, 0.2) is 4.60 Å². The zero-order valence-electron chi connectivity index (χ0n) is 7.78. The number of benzene rings is 1. The molecule has 0 unspecified atom stereocenters. The molecule has 2 rings (SSSR count). The largest absolute Gasteiger partial charge is 0.507 e. The highest BCUT2D eigenvalue weighted by Crippen LogP contribution is 2.32. The summed E-state index contributed by atoms with van der Waals surface area (Å²) in [5.41, 5.74) is 0.890. The summed E-state index contributed by atoms with van der Waals surface area (Å²) in [6.45, 7) is 0. The molecule has 0 atom stereocenters. The molecule has 0 aliphatic rings. The Labute approximate surface area is 93.5 Å². The van der Waals surface area contributed by atoms with Crippen LogP contribution in [-0.2, 0) is 7.05 Å². The van der Waals surface area contributed by atoms with Crippen molar-refractivity contribution in [3.05, 3.63) is 28.6 Å². The van der Waals surface area contributed by atoms with Gasteiger partial charge in [0, 0.05) is 12.6 Å². The first kappa shape index (κ1) is 10.1. The molecule has 0 saturated heterocycles. The molecular formula is C9H7BrFN3O. The SMILES string of the molecule is Cn1nnc(Br)c1-c1cc(F)ccc1O. The molecule has 1 aromatic carbocycles. The summed E-state index contributed by atoms with van der Waals surface area (Å²) in [5.74, 6) is -0.432. The van der Waals surface area contributed by atoms with E-state index >= 15 is 0 Å². The van der Waals surface area contributed by atoms with E-state index < -0.39 is 5.82 Å². The Morgan fingerprint density at radius 1 is 1.47 bits per heavy atom. The minimum absolute atomic E-state index is 0.0116. The van der Waals surface area contributed by atoms with E-state index in [0.29, 0.717) is 15.9 Å². The van der Waals surface area contributed by atoms with Crippen molar-refractivity contribution < 1.29 is 9.50 Å². The zero-order chi connectivity index (χ0) is 11.0. The highest BCUT2D eigenvalue weighted by Gasteiger charge is 2.14. The molecule has 15 heavy (non-hydrogen) atoms. The van der Waals surface area contributed by atoms with Gasteiger partial charge in [-0.05, 0) is 34.1 Å². The first-order valence-electron chi connectivity index (χ1n) is 4.13. The maximum Gasteiger partial charge on any atom is 0.156 e. The summed E-state index contributed by atoms with van der Waals surface area (Å²) in [5, 5.41) is 17.1. The predicted molar refractivity (Wildman–Crippen MR) is 55.8 cm³/mol. The van der Waals surface area contributed by atoms with E-state index in [4.69, 9.17) is 0 Å². The number of hydrogen-bond acceptors (Lipinski definition) is 3. The molecule has 0 radical (unpaired) electrons. The van der Waals surface area contributed by atoms with E-state index in [1.54, 1.807) is 7.05 Å². The molecule has 0 aliphatic carbocycles. The normalized spacial score (nSPS) is 10.6. The first-order chi connectivity index (χ1) is 7.09. The number of aryl methyl sites for hydroxylation is 1. The second-order valence-electron chi connectivity index (χ2n) is 3.01. The fourth-order valence-corrected chi connectivity index (χ4v) is 1.86. The lowest BCUT2D eigenvalue weighted by molar-refractivity contribution is 0.474. The van der Waals surface area contributed by atoms with Crippen LogP contribution < -0.4 is 0 Å². The van der Waals surface area contributed by atoms with Crippen molar-refractivity contribution in [3.8, 4) is 17.0 Å². The van der Waals surface area contributed by atoms with Crippen LogP contribution in [-0.4, -0.2) is 20.1 Å². The number of nitrogens with zero attached hydrogens (tertiary/aromatic N) is 3. The number of hydrogen-bond donors (Lipinski definition) is 1. The monoisotopic (exact) mass is 271 g/mol. The first-order valence-corrected chi connectivity index (χ1v) is 4.93. The lowest BCUT2D eigenvalue weighted by Crippen LogP contribution is -1.94. The molecule has 4 nitrogen and oxygen atoms in total. The van der Waals surface area contributed by atoms with Crippen LogP contribution in [0.3, 0.4) is 0 Å². The van der Waals surface area contributed by atoms with Crippen LogP contribution in [0.15, 0.2) is 22.8 Å². The van der Waals surface area contributed by atoms with Crippen molar-refractivity contribution in [3.63, 3.8) is 0 Å². The Morgan fingerprint density at radius 3 is 2.80 bits per heavy atom. The number of rotatable bonds is 1. The number of phenolic OH excluding ortho intramolecular Hbond substituents is 1. The molecule has 1 N–H and O–H groups in total. The van der Waals surface area contributed by atoms with Crippen LogP contribution in [0.25, 0.3) is 11.3 Å². The van der Waals surface area contributed by atoms with Gasteiger partial charge < -0.3 is 5.11 Å². The molecule has 2 aromatic rings. The van der Waals surface area contributed by atoms with Gasteiger partial charge in [-0.25, -0.2) is 9.07 Å². The second-order valence-corrected chi connectivity index (χ2v) is 3.77. The smallest absolute Gasteiger partial charge is 0.156 e. The molecular weight excluding hydrogens is 265 g/mol. The van der Waals surface area contributed by atoms with Crippen LogP contribution in [0.2, 0.25) is 0 Å². The molecule has 0 spiro atoms. The molecule has 78 valence electrons. The number of halogens is 2. The van der Waals surface area contributed by atoms with Crippen molar-refractivity contribution >= 4 is 15.9 Å². The summed E-state index contributed by atoms with van der Waals surface area (Å²) in [6, 6.07) is 3.72. The molecule has 0 aliphatic heterocycles. The van der Waals surface area contributed by atoms with E-state index in [9.17, 15) is 9.50 Å². The standard InChI is InChI=1S/C9H7BrFN3O/c1-14-8(9(10)12-13-14)6-4-5(11)2-3-7(6)15/h2-4,15H,1H3. The van der Waals surface area contributed by atoms with Crippen LogP contribution in [0, 0.1) is 5.82 Å². The average Bonchev–Trinajstić information content (AvgIpc) is 2.51. The van der Waals surface area contributed by atoms with Crippen LogP contribution in [0.4, 0.5) is 4.39 Å². The van der Waals surface area contributed by atoms with Crippen molar-refractivity contribution in [2.45, 2.75) is 0 Å². The Balaban J connectivity index is 2.68. The van der Waals surface area contributed by atoms with Gasteiger partial charge in [0.2, 0.25) is 0 Å². The van der Waals surface area contributed by atoms with Gasteiger partial charge in [-0.2, -0.15) is 0 Å². The zero-order valence-corrected chi connectivity index (χ0v) is 9.36. The number of aromatic nitrogens is 3. The predicted octanol–water partition coefficient (Wildman–Crippen LogP) is 2.09. The van der Waals surface area contributed by atoms with Gasteiger partial charge in [-0.15, -0.1) is 5.10 Å². The third kappa shape index (κ3) is 1.72. The van der Waals surface area contributed by atoms with Crippen molar-refractivity contribution in [2.24, 2.45) is 7.05 Å². The topological polar surface area (TPSA) is 50.9 Å². The van der Waals surface area contributed by atoms with Gasteiger partial charge >= 0.3 is 0 Å². The quantitative estimate of drug-likeness (QED) is 0.864. The highest BCUT2D eigenvalue weighted by atomic mass is 79.9. The lowest BCUT2D eigenvalue weighted by atomic mass is 10.1. The maximum atomic E-state index is 13.0. The second kappa shape index (κ2) is 3.62. The van der Waals surface area contributed by atoms with Gasteiger partial charge in [0.05, 0.1) is 0 Å².